The van der Waals surface area contributed by atoms with Crippen LogP contribution in [0.5, 0.6) is 0 Å². The van der Waals surface area contributed by atoms with Crippen LogP contribution >= 0.6 is 14.3 Å². The first kappa shape index (κ1) is 10.5. The molecule has 9 heavy (non-hydrogen) atoms. The van der Waals surface area contributed by atoms with Crippen LogP contribution in [0.15, 0.2) is 0 Å². The number of halogens is 1. The van der Waals surface area contributed by atoms with Gasteiger partial charge in [0.15, 0.2) is 0 Å². The van der Waals surface area contributed by atoms with Gasteiger partial charge in [-0.2, -0.15) is 0 Å². The van der Waals surface area contributed by atoms with E-state index in [1.807, 2.05) is 0 Å². The van der Waals surface area contributed by atoms with Crippen LogP contribution in [0.25, 0.3) is 0 Å². The van der Waals surface area contributed by atoms with Gasteiger partial charge in [-0.15, -0.1) is 0 Å². The van der Waals surface area contributed by atoms with Crippen LogP contribution in [0.3, 0.4) is 0 Å². The maximum atomic E-state index is 5.98. The van der Waals surface area contributed by atoms with E-state index >= 15 is 0 Å². The first-order chi connectivity index (χ1) is 4.24. The van der Waals surface area contributed by atoms with Gasteiger partial charge in [0, 0.05) is 0 Å². The SMILES string of the molecule is CC[PH](CC)(CC)[Au-][Cl]. The summed E-state index contributed by atoms with van der Waals surface area (Å²) in [5.41, 5.74) is 0. The Labute approximate surface area is 71.6 Å². The second kappa shape index (κ2) is 5.16. The van der Waals surface area contributed by atoms with Crippen LogP contribution in [0.1, 0.15) is 20.8 Å². The van der Waals surface area contributed by atoms with E-state index in [1.54, 1.807) is 0 Å². The minimum absolute atomic E-state index is 0.169. The third kappa shape index (κ3) is 2.91. The molecule has 0 aliphatic rings. The molecule has 0 aliphatic carbocycles. The van der Waals surface area contributed by atoms with E-state index in [1.165, 1.54) is 18.5 Å². The monoisotopic (exact) mass is 351 g/mol. The predicted molar refractivity (Wildman–Crippen MR) is 45.8 cm³/mol. The topological polar surface area (TPSA) is 0 Å². The van der Waals surface area contributed by atoms with E-state index in [9.17, 15) is 0 Å². The Morgan fingerprint density at radius 3 is 1.44 bits per heavy atom. The van der Waals surface area contributed by atoms with Gasteiger partial charge in [0.2, 0.25) is 0 Å². The molecule has 0 aromatic carbocycles. The number of hydrogen-bond acceptors (Lipinski definition) is 0. The van der Waals surface area contributed by atoms with Gasteiger partial charge in [-0.25, -0.2) is 0 Å². The normalized spacial score (nSPS) is 14.2. The molecule has 0 bridgehead atoms. The van der Waals surface area contributed by atoms with Crippen LogP contribution in [0.4, 0.5) is 0 Å². The van der Waals surface area contributed by atoms with Crippen molar-refractivity contribution in [3.8, 4) is 0 Å². The quantitative estimate of drug-likeness (QED) is 0.540. The molecule has 0 atom stereocenters. The van der Waals surface area contributed by atoms with E-state index in [4.69, 9.17) is 9.19 Å². The third-order valence-electron chi connectivity index (χ3n) is 1.94. The first-order valence-corrected chi connectivity index (χ1v) is 11.8. The fourth-order valence-corrected chi connectivity index (χ4v) is 11.2. The molecule has 0 radical (unpaired) electrons. The van der Waals surface area contributed by atoms with Gasteiger partial charge in [0.05, 0.1) is 0 Å². The molecule has 0 amide bonds. The molecule has 64 valence electrons. The first-order valence-electron chi connectivity index (χ1n) is 3.45. The summed E-state index contributed by atoms with van der Waals surface area (Å²) in [5, 5.41) is -0.829. The minimum atomic E-state index is -0.829. The summed E-state index contributed by atoms with van der Waals surface area (Å²) in [6.45, 7) is 6.91. The molecule has 0 rings (SSSR count). The summed E-state index contributed by atoms with van der Waals surface area (Å²) in [7, 11) is 5.98. The Balaban J connectivity index is 3.82. The zero-order chi connectivity index (χ0) is 7.33. The van der Waals surface area contributed by atoms with Crippen LogP contribution in [0, 0.1) is 0 Å². The molecule has 0 N–H and O–H groups in total. The molecular weight excluding hydrogens is 335 g/mol. The molecular formula is C6H16AuClP-. The molecule has 0 fully saturated rings. The predicted octanol–water partition coefficient (Wildman–Crippen LogP) is 2.95. The Hall–Kier alpha value is 1.46. The second-order valence-electron chi connectivity index (χ2n) is 2.19. The molecule has 0 aliphatic heterocycles. The van der Waals surface area contributed by atoms with E-state index in [0.29, 0.717) is 0 Å². The fraction of sp³-hybridized carbons (Fsp3) is 1.00. The van der Waals surface area contributed by atoms with Gasteiger partial charge in [-0.1, -0.05) is 0 Å². The summed E-state index contributed by atoms with van der Waals surface area (Å²) in [6.07, 6.45) is 4.18. The molecule has 0 saturated heterocycles. The van der Waals surface area contributed by atoms with Crippen LogP contribution in [-0.2, 0) is 18.1 Å². The van der Waals surface area contributed by atoms with Crippen molar-refractivity contribution in [1.82, 2.24) is 0 Å². The molecule has 0 spiro atoms. The van der Waals surface area contributed by atoms with E-state index in [0.717, 1.165) is 0 Å². The molecule has 0 aromatic heterocycles. The maximum absolute atomic E-state index is 5.98. The van der Waals surface area contributed by atoms with Crippen molar-refractivity contribution >= 4 is 14.3 Å². The third-order valence-corrected chi connectivity index (χ3v) is 21.3. The zero-order valence-corrected chi connectivity index (χ0v) is 10.2. The Morgan fingerprint density at radius 1 is 1.11 bits per heavy atom. The summed E-state index contributed by atoms with van der Waals surface area (Å²) >= 11 is 0.169. The van der Waals surface area contributed by atoms with Crippen molar-refractivity contribution in [2.45, 2.75) is 20.8 Å². The molecule has 0 heterocycles. The van der Waals surface area contributed by atoms with Gasteiger partial charge in [-0.05, 0) is 0 Å². The van der Waals surface area contributed by atoms with E-state index in [-0.39, 0.29) is 18.1 Å². The Bertz CT molecular complexity index is 55.9. The molecule has 0 unspecified atom stereocenters. The molecule has 0 nitrogen and oxygen atoms in total. The van der Waals surface area contributed by atoms with Gasteiger partial charge in [0.1, 0.15) is 0 Å². The molecule has 3 heteroatoms. The Kier molecular flexibility index (Phi) is 5.99. The van der Waals surface area contributed by atoms with Crippen molar-refractivity contribution in [1.29, 1.82) is 0 Å². The summed E-state index contributed by atoms with van der Waals surface area (Å²) in [6, 6.07) is 0. The fourth-order valence-electron chi connectivity index (χ4n) is 0.871. The van der Waals surface area contributed by atoms with Crippen LogP contribution in [0.2, 0.25) is 0 Å². The van der Waals surface area contributed by atoms with Gasteiger partial charge in [-0.3, -0.25) is 0 Å². The van der Waals surface area contributed by atoms with Gasteiger partial charge >= 0.3 is 71.7 Å². The summed E-state index contributed by atoms with van der Waals surface area (Å²) in [4.78, 5) is 0. The van der Waals surface area contributed by atoms with Crippen LogP contribution in [-0.4, -0.2) is 18.5 Å². The standard InChI is InChI=1S/C6H15P.Au.ClH/c1-4-7(5-2)6-3;;/h4-6H2,1-3H3;;1H/q;-1;. The van der Waals surface area contributed by atoms with E-state index in [2.05, 4.69) is 20.8 Å². The average molecular weight is 352 g/mol. The summed E-state index contributed by atoms with van der Waals surface area (Å²) < 4.78 is 0. The molecule has 0 aromatic rings. The van der Waals surface area contributed by atoms with Crippen molar-refractivity contribution < 1.29 is 18.1 Å². The van der Waals surface area contributed by atoms with Crippen molar-refractivity contribution in [2.75, 3.05) is 18.5 Å². The van der Waals surface area contributed by atoms with Gasteiger partial charge < -0.3 is 0 Å². The molecule has 0 saturated carbocycles. The van der Waals surface area contributed by atoms with Crippen LogP contribution < -0.4 is 0 Å². The average Bonchev–Trinajstić information content (AvgIpc) is 1.95. The van der Waals surface area contributed by atoms with Crippen molar-refractivity contribution in [3.63, 3.8) is 0 Å². The number of hydrogen-bond donors (Lipinski definition) is 0. The zero-order valence-electron chi connectivity index (χ0n) is 6.30. The second-order valence-corrected chi connectivity index (χ2v) is 17.5. The van der Waals surface area contributed by atoms with Crippen molar-refractivity contribution in [3.05, 3.63) is 0 Å². The van der Waals surface area contributed by atoms with E-state index < -0.39 is 5.15 Å². The number of rotatable bonds is 4. The Morgan fingerprint density at radius 2 is 1.44 bits per heavy atom. The van der Waals surface area contributed by atoms with Gasteiger partial charge in [0.25, 0.3) is 0 Å². The summed E-state index contributed by atoms with van der Waals surface area (Å²) in [5.74, 6) is 0. The van der Waals surface area contributed by atoms with Crippen molar-refractivity contribution in [2.24, 2.45) is 0 Å².